The van der Waals surface area contributed by atoms with Crippen molar-refractivity contribution >= 4 is 17.4 Å². The van der Waals surface area contributed by atoms with Crippen LogP contribution in [-0.4, -0.2) is 37.1 Å². The van der Waals surface area contributed by atoms with Crippen molar-refractivity contribution in [1.82, 2.24) is 4.90 Å². The molecule has 2 aromatic carbocycles. The smallest absolute Gasteiger partial charge is 0.321 e. The Balaban J connectivity index is 1.58. The highest BCUT2D eigenvalue weighted by Crippen LogP contribution is 2.22. The standard InChI is InChI=1S/C20H22N4O/c1-2-17-5-3-4-6-19(17)23-11-13-24(14-12-23)20(25)22-18-9-7-16(15-21)8-10-18/h3-10H,2,11-14H2,1H3,(H,22,25). The largest absolute Gasteiger partial charge is 0.368 e. The lowest BCUT2D eigenvalue weighted by Gasteiger charge is -2.37. The van der Waals surface area contributed by atoms with E-state index in [1.807, 2.05) is 4.90 Å². The lowest BCUT2D eigenvalue weighted by molar-refractivity contribution is 0.208. The van der Waals surface area contributed by atoms with Crippen LogP contribution in [0.25, 0.3) is 0 Å². The van der Waals surface area contributed by atoms with E-state index in [0.29, 0.717) is 24.3 Å². The number of urea groups is 1. The second kappa shape index (κ2) is 7.71. The van der Waals surface area contributed by atoms with Gasteiger partial charge in [0.05, 0.1) is 11.6 Å². The van der Waals surface area contributed by atoms with Crippen molar-refractivity contribution in [2.24, 2.45) is 0 Å². The molecule has 1 fully saturated rings. The van der Waals surface area contributed by atoms with E-state index in [1.54, 1.807) is 24.3 Å². The minimum atomic E-state index is -0.0897. The van der Waals surface area contributed by atoms with Crippen molar-refractivity contribution in [3.63, 3.8) is 0 Å². The summed E-state index contributed by atoms with van der Waals surface area (Å²) in [5.41, 5.74) is 3.92. The number of nitriles is 1. The molecule has 2 aromatic rings. The number of hydrogen-bond acceptors (Lipinski definition) is 3. The zero-order valence-corrected chi connectivity index (χ0v) is 14.4. The molecule has 1 heterocycles. The van der Waals surface area contributed by atoms with E-state index in [9.17, 15) is 4.79 Å². The Morgan fingerprint density at radius 2 is 1.76 bits per heavy atom. The van der Waals surface area contributed by atoms with Gasteiger partial charge < -0.3 is 15.1 Å². The van der Waals surface area contributed by atoms with Crippen molar-refractivity contribution in [2.75, 3.05) is 36.4 Å². The average molecular weight is 334 g/mol. The average Bonchev–Trinajstić information content (AvgIpc) is 2.68. The van der Waals surface area contributed by atoms with Crippen molar-refractivity contribution in [1.29, 1.82) is 5.26 Å². The number of benzene rings is 2. The summed E-state index contributed by atoms with van der Waals surface area (Å²) < 4.78 is 0. The van der Waals surface area contributed by atoms with Crippen LogP contribution in [0.4, 0.5) is 16.2 Å². The fourth-order valence-electron chi connectivity index (χ4n) is 3.10. The zero-order chi connectivity index (χ0) is 17.6. The van der Waals surface area contributed by atoms with Gasteiger partial charge in [0, 0.05) is 37.6 Å². The van der Waals surface area contributed by atoms with Crippen LogP contribution in [-0.2, 0) is 6.42 Å². The van der Waals surface area contributed by atoms with E-state index in [1.165, 1.54) is 11.3 Å². The van der Waals surface area contributed by atoms with Crippen LogP contribution in [0.15, 0.2) is 48.5 Å². The molecule has 0 unspecified atom stereocenters. The van der Waals surface area contributed by atoms with Crippen LogP contribution in [0.5, 0.6) is 0 Å². The fraction of sp³-hybridized carbons (Fsp3) is 0.300. The number of piperazine rings is 1. The van der Waals surface area contributed by atoms with E-state index >= 15 is 0 Å². The summed E-state index contributed by atoms with van der Waals surface area (Å²) in [6.45, 7) is 5.22. The first kappa shape index (κ1) is 16.8. The number of carbonyl (C=O) groups excluding carboxylic acids is 1. The summed E-state index contributed by atoms with van der Waals surface area (Å²) in [6, 6.07) is 17.4. The Morgan fingerprint density at radius 1 is 1.08 bits per heavy atom. The number of para-hydroxylation sites is 1. The molecule has 1 N–H and O–H groups in total. The van der Waals surface area contributed by atoms with Gasteiger partial charge in [-0.2, -0.15) is 5.26 Å². The Bertz CT molecular complexity index is 771. The fourth-order valence-corrected chi connectivity index (χ4v) is 3.10. The highest BCUT2D eigenvalue weighted by Gasteiger charge is 2.22. The van der Waals surface area contributed by atoms with Crippen LogP contribution in [0, 0.1) is 11.3 Å². The van der Waals surface area contributed by atoms with E-state index in [-0.39, 0.29) is 6.03 Å². The Hall–Kier alpha value is -3.00. The molecule has 0 atom stereocenters. The summed E-state index contributed by atoms with van der Waals surface area (Å²) in [6.07, 6.45) is 1.01. The summed E-state index contributed by atoms with van der Waals surface area (Å²) in [4.78, 5) is 16.6. The molecule has 3 rings (SSSR count). The van der Waals surface area contributed by atoms with Crippen LogP contribution >= 0.6 is 0 Å². The summed E-state index contributed by atoms with van der Waals surface area (Å²) in [5.74, 6) is 0. The van der Waals surface area contributed by atoms with E-state index in [2.05, 4.69) is 47.5 Å². The van der Waals surface area contributed by atoms with Crippen molar-refractivity contribution in [3.8, 4) is 6.07 Å². The monoisotopic (exact) mass is 334 g/mol. The lowest BCUT2D eigenvalue weighted by Crippen LogP contribution is -2.50. The third-order valence-corrected chi connectivity index (χ3v) is 4.55. The number of aryl methyl sites for hydroxylation is 1. The molecule has 128 valence electrons. The number of nitrogens with zero attached hydrogens (tertiary/aromatic N) is 3. The predicted octanol–water partition coefficient (Wildman–Crippen LogP) is 3.47. The zero-order valence-electron chi connectivity index (χ0n) is 14.4. The summed E-state index contributed by atoms with van der Waals surface area (Å²) in [7, 11) is 0. The van der Waals surface area contributed by atoms with Gasteiger partial charge in [0.25, 0.3) is 0 Å². The molecular weight excluding hydrogens is 312 g/mol. The maximum Gasteiger partial charge on any atom is 0.321 e. The molecule has 0 aliphatic carbocycles. The molecule has 2 amide bonds. The molecule has 0 bridgehead atoms. The van der Waals surface area contributed by atoms with Gasteiger partial charge in [-0.1, -0.05) is 25.1 Å². The number of carbonyl (C=O) groups is 1. The summed E-state index contributed by atoms with van der Waals surface area (Å²) >= 11 is 0. The number of anilines is 2. The number of rotatable bonds is 3. The Morgan fingerprint density at radius 3 is 2.40 bits per heavy atom. The second-order valence-electron chi connectivity index (χ2n) is 6.08. The molecule has 1 saturated heterocycles. The molecular formula is C20H22N4O. The number of nitrogens with one attached hydrogen (secondary N) is 1. The highest BCUT2D eigenvalue weighted by molar-refractivity contribution is 5.89. The van der Waals surface area contributed by atoms with Crippen LogP contribution in [0.2, 0.25) is 0 Å². The molecule has 0 aromatic heterocycles. The molecule has 0 saturated carbocycles. The highest BCUT2D eigenvalue weighted by atomic mass is 16.2. The molecule has 5 heteroatoms. The van der Waals surface area contributed by atoms with Crippen molar-refractivity contribution in [2.45, 2.75) is 13.3 Å². The molecule has 0 spiro atoms. The normalized spacial score (nSPS) is 14.1. The minimum absolute atomic E-state index is 0.0897. The van der Waals surface area contributed by atoms with Crippen molar-refractivity contribution < 1.29 is 4.79 Å². The molecule has 1 aliphatic heterocycles. The molecule has 0 radical (unpaired) electrons. The van der Waals surface area contributed by atoms with Gasteiger partial charge in [-0.3, -0.25) is 0 Å². The topological polar surface area (TPSA) is 59.4 Å². The molecule has 5 nitrogen and oxygen atoms in total. The SMILES string of the molecule is CCc1ccccc1N1CCN(C(=O)Nc2ccc(C#N)cc2)CC1. The van der Waals surface area contributed by atoms with Gasteiger partial charge in [0.1, 0.15) is 0 Å². The van der Waals surface area contributed by atoms with Gasteiger partial charge in [0.15, 0.2) is 0 Å². The van der Waals surface area contributed by atoms with Gasteiger partial charge in [-0.25, -0.2) is 4.79 Å². The molecule has 25 heavy (non-hydrogen) atoms. The van der Waals surface area contributed by atoms with Crippen LogP contribution in [0.1, 0.15) is 18.1 Å². The van der Waals surface area contributed by atoms with Gasteiger partial charge in [0.2, 0.25) is 0 Å². The van der Waals surface area contributed by atoms with E-state index in [0.717, 1.165) is 19.5 Å². The van der Waals surface area contributed by atoms with Gasteiger partial charge in [-0.05, 0) is 42.3 Å². The summed E-state index contributed by atoms with van der Waals surface area (Å²) in [5, 5.41) is 11.7. The van der Waals surface area contributed by atoms with Crippen LogP contribution in [0.3, 0.4) is 0 Å². The molecule has 1 aliphatic rings. The quantitative estimate of drug-likeness (QED) is 0.935. The first-order chi connectivity index (χ1) is 12.2. The second-order valence-corrected chi connectivity index (χ2v) is 6.08. The first-order valence-corrected chi connectivity index (χ1v) is 8.60. The third kappa shape index (κ3) is 3.92. The maximum absolute atomic E-state index is 12.4. The Labute approximate surface area is 148 Å². The minimum Gasteiger partial charge on any atom is -0.368 e. The van der Waals surface area contributed by atoms with Gasteiger partial charge >= 0.3 is 6.03 Å². The Kier molecular flexibility index (Phi) is 5.20. The number of amides is 2. The number of hydrogen-bond donors (Lipinski definition) is 1. The van der Waals surface area contributed by atoms with Crippen LogP contribution < -0.4 is 10.2 Å². The van der Waals surface area contributed by atoms with E-state index in [4.69, 9.17) is 5.26 Å². The predicted molar refractivity (Wildman–Crippen MR) is 99.8 cm³/mol. The van der Waals surface area contributed by atoms with E-state index < -0.39 is 0 Å². The van der Waals surface area contributed by atoms with Gasteiger partial charge in [-0.15, -0.1) is 0 Å². The third-order valence-electron chi connectivity index (χ3n) is 4.55. The first-order valence-electron chi connectivity index (χ1n) is 8.60. The van der Waals surface area contributed by atoms with Crippen molar-refractivity contribution in [3.05, 3.63) is 59.7 Å². The maximum atomic E-state index is 12.4. The lowest BCUT2D eigenvalue weighted by atomic mass is 10.1.